The Morgan fingerprint density at radius 3 is 2.35 bits per heavy atom. The average molecular weight is 357 g/mol. The van der Waals surface area contributed by atoms with Crippen LogP contribution < -0.4 is 4.90 Å². The van der Waals surface area contributed by atoms with Gasteiger partial charge in [0.25, 0.3) is 11.8 Å². The number of benzene rings is 1. The van der Waals surface area contributed by atoms with E-state index in [2.05, 4.69) is 6.92 Å². The maximum absolute atomic E-state index is 12.1. The molecule has 0 radical (unpaired) electrons. The fourth-order valence-electron chi connectivity index (χ4n) is 3.42. The summed E-state index contributed by atoms with van der Waals surface area (Å²) in [6.45, 7) is 5.17. The van der Waals surface area contributed by atoms with Crippen molar-refractivity contribution in [2.45, 2.75) is 38.7 Å². The fraction of sp³-hybridized carbons (Fsp3) is 0.450. The van der Waals surface area contributed by atoms with Crippen molar-refractivity contribution >= 4 is 23.5 Å². The van der Waals surface area contributed by atoms with Crippen LogP contribution in [0.4, 0.5) is 5.69 Å². The number of nitrogens with zero attached hydrogens (tertiary/aromatic N) is 1. The van der Waals surface area contributed by atoms with Crippen molar-refractivity contribution in [1.29, 1.82) is 0 Å². The van der Waals surface area contributed by atoms with Gasteiger partial charge in [0.15, 0.2) is 0 Å². The molecule has 2 atom stereocenters. The van der Waals surface area contributed by atoms with Gasteiger partial charge in [-0.1, -0.05) is 26.0 Å². The predicted molar refractivity (Wildman–Crippen MR) is 95.5 cm³/mol. The Morgan fingerprint density at radius 2 is 1.85 bits per heavy atom. The van der Waals surface area contributed by atoms with E-state index < -0.39 is 0 Å². The standard InChI is InChI=1S/C20H23NO5/c1-3-15-12-26-20(15,4-2)13-25-19(24)11-14-5-7-16(8-6-14)21-17(22)9-10-18(21)23/h5-10,15H,3-4,11-13H2,1-2H3. The molecule has 0 bridgehead atoms. The molecule has 0 aliphatic carbocycles. The van der Waals surface area contributed by atoms with Gasteiger partial charge in [-0.15, -0.1) is 0 Å². The minimum Gasteiger partial charge on any atom is -0.462 e. The number of anilines is 1. The summed E-state index contributed by atoms with van der Waals surface area (Å²) in [5.41, 5.74) is 0.913. The van der Waals surface area contributed by atoms with E-state index in [-0.39, 0.29) is 36.4 Å². The average Bonchev–Trinajstić information content (AvgIpc) is 2.95. The van der Waals surface area contributed by atoms with Crippen LogP contribution in [0.15, 0.2) is 36.4 Å². The molecule has 3 rings (SSSR count). The predicted octanol–water partition coefficient (Wildman–Crippen LogP) is 2.41. The highest BCUT2D eigenvalue weighted by molar-refractivity contribution is 6.28. The molecule has 2 heterocycles. The zero-order valence-corrected chi connectivity index (χ0v) is 15.1. The van der Waals surface area contributed by atoms with Crippen molar-refractivity contribution in [2.24, 2.45) is 5.92 Å². The molecule has 0 aromatic heterocycles. The lowest BCUT2D eigenvalue weighted by atomic mass is 9.79. The van der Waals surface area contributed by atoms with Gasteiger partial charge >= 0.3 is 5.97 Å². The molecule has 1 aromatic rings. The maximum atomic E-state index is 12.1. The largest absolute Gasteiger partial charge is 0.462 e. The molecule has 2 aliphatic rings. The summed E-state index contributed by atoms with van der Waals surface area (Å²) in [7, 11) is 0. The summed E-state index contributed by atoms with van der Waals surface area (Å²) in [5.74, 6) is -0.606. The number of esters is 1. The Hall–Kier alpha value is -2.47. The molecule has 1 aromatic carbocycles. The highest BCUT2D eigenvalue weighted by Gasteiger charge is 2.46. The van der Waals surface area contributed by atoms with Crippen LogP contribution in [0.25, 0.3) is 0 Å². The van der Waals surface area contributed by atoms with E-state index in [4.69, 9.17) is 9.47 Å². The molecule has 6 nitrogen and oxygen atoms in total. The highest BCUT2D eigenvalue weighted by atomic mass is 16.6. The third-order valence-electron chi connectivity index (χ3n) is 5.24. The number of rotatable bonds is 7. The maximum Gasteiger partial charge on any atom is 0.310 e. The molecule has 1 saturated heterocycles. The molecular weight excluding hydrogens is 334 g/mol. The van der Waals surface area contributed by atoms with Gasteiger partial charge in [-0.2, -0.15) is 0 Å². The van der Waals surface area contributed by atoms with E-state index in [1.807, 2.05) is 6.92 Å². The zero-order chi connectivity index (χ0) is 18.7. The number of imide groups is 1. The summed E-state index contributed by atoms with van der Waals surface area (Å²) in [4.78, 5) is 36.6. The minimum atomic E-state index is -0.363. The Labute approximate surface area is 152 Å². The molecule has 6 heteroatoms. The van der Waals surface area contributed by atoms with E-state index in [1.165, 1.54) is 12.2 Å². The van der Waals surface area contributed by atoms with Crippen molar-refractivity contribution in [1.82, 2.24) is 0 Å². The fourth-order valence-corrected chi connectivity index (χ4v) is 3.42. The van der Waals surface area contributed by atoms with Crippen molar-refractivity contribution < 1.29 is 23.9 Å². The van der Waals surface area contributed by atoms with Crippen molar-refractivity contribution in [2.75, 3.05) is 18.1 Å². The first kappa shape index (κ1) is 18.3. The molecular formula is C20H23NO5. The Balaban J connectivity index is 1.55. The van der Waals surface area contributed by atoms with Gasteiger partial charge in [0.1, 0.15) is 12.2 Å². The smallest absolute Gasteiger partial charge is 0.310 e. The van der Waals surface area contributed by atoms with Crippen LogP contribution in [0, 0.1) is 5.92 Å². The van der Waals surface area contributed by atoms with Crippen molar-refractivity contribution in [3.63, 3.8) is 0 Å². The zero-order valence-electron chi connectivity index (χ0n) is 15.1. The van der Waals surface area contributed by atoms with Crippen LogP contribution in [0.2, 0.25) is 0 Å². The van der Waals surface area contributed by atoms with Crippen LogP contribution in [0.3, 0.4) is 0 Å². The molecule has 2 aliphatic heterocycles. The highest BCUT2D eigenvalue weighted by Crippen LogP contribution is 2.38. The van der Waals surface area contributed by atoms with Gasteiger partial charge in [0, 0.05) is 18.1 Å². The molecule has 2 unspecified atom stereocenters. The van der Waals surface area contributed by atoms with Crippen LogP contribution in [0.5, 0.6) is 0 Å². The second-order valence-electron chi connectivity index (χ2n) is 6.68. The van der Waals surface area contributed by atoms with Gasteiger partial charge in [0.2, 0.25) is 0 Å². The number of carbonyl (C=O) groups is 3. The van der Waals surface area contributed by atoms with E-state index in [0.29, 0.717) is 11.6 Å². The van der Waals surface area contributed by atoms with E-state index in [0.717, 1.165) is 29.9 Å². The van der Waals surface area contributed by atoms with Crippen LogP contribution in [-0.4, -0.2) is 36.6 Å². The first-order chi connectivity index (χ1) is 12.5. The first-order valence-electron chi connectivity index (χ1n) is 8.93. The number of amides is 2. The van der Waals surface area contributed by atoms with Gasteiger partial charge < -0.3 is 9.47 Å². The molecule has 138 valence electrons. The molecule has 0 spiro atoms. The van der Waals surface area contributed by atoms with Crippen molar-refractivity contribution in [3.05, 3.63) is 42.0 Å². The monoisotopic (exact) mass is 357 g/mol. The number of ether oxygens (including phenoxy) is 2. The lowest BCUT2D eigenvalue weighted by Crippen LogP contribution is -2.56. The van der Waals surface area contributed by atoms with Crippen LogP contribution in [-0.2, 0) is 30.3 Å². The quantitative estimate of drug-likeness (QED) is 0.553. The first-order valence-corrected chi connectivity index (χ1v) is 8.93. The molecule has 0 saturated carbocycles. The summed E-state index contributed by atoms with van der Waals surface area (Å²) < 4.78 is 11.2. The summed E-state index contributed by atoms with van der Waals surface area (Å²) in [5, 5.41) is 0. The summed E-state index contributed by atoms with van der Waals surface area (Å²) >= 11 is 0. The van der Waals surface area contributed by atoms with Gasteiger partial charge in [-0.25, -0.2) is 4.90 Å². The number of hydrogen-bond acceptors (Lipinski definition) is 5. The molecule has 26 heavy (non-hydrogen) atoms. The van der Waals surface area contributed by atoms with Gasteiger partial charge in [-0.05, 0) is 30.5 Å². The number of carbonyl (C=O) groups excluding carboxylic acids is 3. The van der Waals surface area contributed by atoms with Crippen LogP contribution in [0.1, 0.15) is 32.3 Å². The van der Waals surface area contributed by atoms with E-state index in [1.54, 1.807) is 24.3 Å². The van der Waals surface area contributed by atoms with Gasteiger partial charge in [-0.3, -0.25) is 14.4 Å². The second-order valence-corrected chi connectivity index (χ2v) is 6.68. The second kappa shape index (κ2) is 7.41. The Kier molecular flexibility index (Phi) is 5.23. The lowest BCUT2D eigenvalue weighted by Gasteiger charge is -2.48. The third kappa shape index (κ3) is 3.42. The van der Waals surface area contributed by atoms with E-state index >= 15 is 0 Å². The summed E-state index contributed by atoms with van der Waals surface area (Å²) in [6.07, 6.45) is 4.44. The van der Waals surface area contributed by atoms with E-state index in [9.17, 15) is 14.4 Å². The topological polar surface area (TPSA) is 72.9 Å². The van der Waals surface area contributed by atoms with Crippen LogP contribution >= 0.6 is 0 Å². The lowest BCUT2D eigenvalue weighted by molar-refractivity contribution is -0.231. The molecule has 1 fully saturated rings. The third-order valence-corrected chi connectivity index (χ3v) is 5.24. The van der Waals surface area contributed by atoms with Crippen molar-refractivity contribution in [3.8, 4) is 0 Å². The summed E-state index contributed by atoms with van der Waals surface area (Å²) in [6, 6.07) is 6.75. The minimum absolute atomic E-state index is 0.136. The van der Waals surface area contributed by atoms with Gasteiger partial charge in [0.05, 0.1) is 18.7 Å². The SMILES string of the molecule is CCC1COC1(CC)COC(=O)Cc1ccc(N2C(=O)C=CC2=O)cc1. The number of hydrogen-bond donors (Lipinski definition) is 0. The normalized spacial score (nSPS) is 24.7. The Morgan fingerprint density at radius 1 is 1.19 bits per heavy atom. The Bertz CT molecular complexity index is 715. The molecule has 2 amide bonds. The molecule has 0 N–H and O–H groups in total.